The number of carboxylic acid groups (broad SMARTS) is 1. The second-order valence-electron chi connectivity index (χ2n) is 8.05. The lowest BCUT2D eigenvalue weighted by Gasteiger charge is -2.47. The first-order chi connectivity index (χ1) is 14.5. The van der Waals surface area contributed by atoms with E-state index in [1.807, 2.05) is 24.4 Å². The zero-order valence-electron chi connectivity index (χ0n) is 16.9. The average Bonchev–Trinajstić information content (AvgIpc) is 3.55. The summed E-state index contributed by atoms with van der Waals surface area (Å²) >= 11 is 0. The third-order valence-electron chi connectivity index (χ3n) is 5.49. The minimum atomic E-state index is -5.08. The van der Waals surface area contributed by atoms with Crippen LogP contribution in [0.2, 0.25) is 0 Å². The number of sulfonamides is 1. The van der Waals surface area contributed by atoms with Gasteiger partial charge in [-0.3, -0.25) is 9.88 Å². The summed E-state index contributed by atoms with van der Waals surface area (Å²) in [4.78, 5) is 15.6. The van der Waals surface area contributed by atoms with Crippen LogP contribution in [0.5, 0.6) is 0 Å². The number of hydrogen-bond acceptors (Lipinski definition) is 6. The van der Waals surface area contributed by atoms with Crippen molar-refractivity contribution in [3.63, 3.8) is 0 Å². The van der Waals surface area contributed by atoms with Crippen LogP contribution < -0.4 is 0 Å². The number of pyridine rings is 1. The van der Waals surface area contributed by atoms with Crippen molar-refractivity contribution < 1.29 is 36.2 Å². The van der Waals surface area contributed by atoms with E-state index in [0.717, 1.165) is 51.0 Å². The Hall–Kier alpha value is -1.76. The number of morpholine rings is 1. The maximum absolute atomic E-state index is 12.6. The Morgan fingerprint density at radius 2 is 1.97 bits per heavy atom. The van der Waals surface area contributed by atoms with Gasteiger partial charge < -0.3 is 9.84 Å². The fourth-order valence-electron chi connectivity index (χ4n) is 3.90. The van der Waals surface area contributed by atoms with E-state index in [0.29, 0.717) is 19.7 Å². The smallest absolute Gasteiger partial charge is 0.475 e. The van der Waals surface area contributed by atoms with Crippen molar-refractivity contribution in [2.75, 3.05) is 32.8 Å². The third-order valence-corrected chi connectivity index (χ3v) is 7.84. The molecule has 2 aliphatic heterocycles. The number of likely N-dealkylation sites (tertiary alicyclic amines) is 1. The molecule has 3 fully saturated rings. The van der Waals surface area contributed by atoms with Gasteiger partial charge in [-0.1, -0.05) is 6.07 Å². The number of carboxylic acids is 1. The van der Waals surface area contributed by atoms with Crippen LogP contribution in [0.4, 0.5) is 13.2 Å². The van der Waals surface area contributed by atoms with E-state index >= 15 is 0 Å². The molecule has 12 heteroatoms. The molecule has 1 unspecified atom stereocenters. The third kappa shape index (κ3) is 6.37. The average molecular weight is 465 g/mol. The van der Waals surface area contributed by atoms with E-state index < -0.39 is 22.2 Å². The molecule has 174 valence electrons. The number of alkyl halides is 3. The monoisotopic (exact) mass is 465 g/mol. The predicted molar refractivity (Wildman–Crippen MR) is 105 cm³/mol. The number of aliphatic carboxylic acids is 1. The van der Waals surface area contributed by atoms with Crippen LogP contribution in [0.3, 0.4) is 0 Å². The van der Waals surface area contributed by atoms with Crippen LogP contribution in [0, 0.1) is 0 Å². The number of hydrogen-bond donors (Lipinski definition) is 1. The van der Waals surface area contributed by atoms with E-state index in [-0.39, 0.29) is 10.9 Å². The first-order valence-electron chi connectivity index (χ1n) is 10.1. The zero-order valence-corrected chi connectivity index (χ0v) is 17.7. The molecular formula is C19H26F3N3O5S. The molecule has 0 amide bonds. The van der Waals surface area contributed by atoms with Gasteiger partial charge in [0.2, 0.25) is 10.0 Å². The summed E-state index contributed by atoms with van der Waals surface area (Å²) in [7, 11) is -3.12. The fraction of sp³-hybridized carbons (Fsp3) is 0.684. The van der Waals surface area contributed by atoms with Gasteiger partial charge in [-0.15, -0.1) is 0 Å². The van der Waals surface area contributed by atoms with Crippen LogP contribution in [0.25, 0.3) is 0 Å². The number of rotatable bonds is 4. The van der Waals surface area contributed by atoms with E-state index in [9.17, 15) is 21.6 Å². The highest BCUT2D eigenvalue weighted by Crippen LogP contribution is 2.36. The maximum Gasteiger partial charge on any atom is 0.490 e. The normalized spacial score (nSPS) is 25.6. The van der Waals surface area contributed by atoms with Crippen LogP contribution in [-0.4, -0.2) is 83.5 Å². The second kappa shape index (κ2) is 9.39. The Balaban J connectivity index is 0.000000339. The molecule has 1 atom stereocenters. The molecular weight excluding hydrogens is 439 g/mol. The second-order valence-corrected chi connectivity index (χ2v) is 10.3. The lowest BCUT2D eigenvalue weighted by Crippen LogP contribution is -2.60. The highest BCUT2D eigenvalue weighted by atomic mass is 32.2. The lowest BCUT2D eigenvalue weighted by atomic mass is 9.91. The summed E-state index contributed by atoms with van der Waals surface area (Å²) in [5.41, 5.74) is 0.695. The van der Waals surface area contributed by atoms with Gasteiger partial charge in [-0.05, 0) is 44.4 Å². The summed E-state index contributed by atoms with van der Waals surface area (Å²) in [6, 6.07) is 5.96. The first-order valence-corrected chi connectivity index (χ1v) is 11.6. The van der Waals surface area contributed by atoms with Gasteiger partial charge in [0, 0.05) is 32.4 Å². The molecule has 3 heterocycles. The summed E-state index contributed by atoms with van der Waals surface area (Å²) < 4.78 is 64.7. The van der Waals surface area contributed by atoms with Crippen LogP contribution in [0.1, 0.15) is 31.4 Å². The highest BCUT2D eigenvalue weighted by molar-refractivity contribution is 7.90. The molecule has 2 saturated heterocycles. The quantitative estimate of drug-likeness (QED) is 0.725. The molecule has 8 nitrogen and oxygen atoms in total. The maximum atomic E-state index is 12.6. The van der Waals surface area contributed by atoms with Gasteiger partial charge in [0.05, 0.1) is 23.2 Å². The summed E-state index contributed by atoms with van der Waals surface area (Å²) in [6.07, 6.45) is 0.333. The van der Waals surface area contributed by atoms with E-state index in [2.05, 4.69) is 9.88 Å². The standard InChI is InChI=1S/C17H25N3O3S.C2HF3O2/c21-24(22,16-5-6-16)20-10-11-23-17(14-20)7-3-9-19(13-17)12-15-4-1-2-8-18-15;3-2(4,5)1(6)7/h1-2,4,8,16H,3,5-7,9-14H2;(H,6,7). The van der Waals surface area contributed by atoms with E-state index in [4.69, 9.17) is 14.6 Å². The number of nitrogens with zero attached hydrogens (tertiary/aromatic N) is 3. The fourth-order valence-corrected chi connectivity index (χ4v) is 5.79. The number of aromatic nitrogens is 1. The van der Waals surface area contributed by atoms with Crippen molar-refractivity contribution >= 4 is 16.0 Å². The van der Waals surface area contributed by atoms with Gasteiger partial charge in [-0.2, -0.15) is 17.5 Å². The van der Waals surface area contributed by atoms with E-state index in [1.165, 1.54) is 0 Å². The molecule has 0 bridgehead atoms. The molecule has 1 saturated carbocycles. The zero-order chi connectivity index (χ0) is 22.7. The van der Waals surface area contributed by atoms with Crippen LogP contribution in [-0.2, 0) is 26.1 Å². The van der Waals surface area contributed by atoms with Crippen LogP contribution >= 0.6 is 0 Å². The first kappa shape index (κ1) is 23.9. The Labute approximate surface area is 179 Å². The lowest BCUT2D eigenvalue weighted by molar-refractivity contribution is -0.192. The molecule has 0 radical (unpaired) electrons. The van der Waals surface area contributed by atoms with Crippen molar-refractivity contribution in [3.8, 4) is 0 Å². The van der Waals surface area contributed by atoms with Crippen molar-refractivity contribution in [1.29, 1.82) is 0 Å². The highest BCUT2D eigenvalue weighted by Gasteiger charge is 2.47. The molecule has 1 aromatic rings. The van der Waals surface area contributed by atoms with Gasteiger partial charge in [-0.25, -0.2) is 13.2 Å². The van der Waals surface area contributed by atoms with Crippen LogP contribution in [0.15, 0.2) is 24.4 Å². The van der Waals surface area contributed by atoms with Gasteiger partial charge in [0.15, 0.2) is 0 Å². The number of halogens is 3. The molecule has 4 rings (SSSR count). The Morgan fingerprint density at radius 3 is 2.55 bits per heavy atom. The molecule has 31 heavy (non-hydrogen) atoms. The molecule has 1 aromatic heterocycles. The van der Waals surface area contributed by atoms with Crippen molar-refractivity contribution in [2.45, 2.75) is 49.3 Å². The number of carbonyl (C=O) groups is 1. The van der Waals surface area contributed by atoms with Gasteiger partial charge in [0.25, 0.3) is 0 Å². The number of ether oxygens (including phenoxy) is 1. The molecule has 1 N–H and O–H groups in total. The molecule has 1 spiro atoms. The Kier molecular flexibility index (Phi) is 7.24. The van der Waals surface area contributed by atoms with Gasteiger partial charge >= 0.3 is 12.1 Å². The van der Waals surface area contributed by atoms with Crippen molar-refractivity contribution in [1.82, 2.24) is 14.2 Å². The summed E-state index contributed by atoms with van der Waals surface area (Å²) in [6.45, 7) is 4.09. The minimum absolute atomic E-state index is 0.138. The number of piperidine rings is 1. The van der Waals surface area contributed by atoms with Gasteiger partial charge in [0.1, 0.15) is 0 Å². The SMILES string of the molecule is O=C(O)C(F)(F)F.O=S(=O)(C1CC1)N1CCOC2(CCCN(Cc3ccccn3)C2)C1. The molecule has 1 aliphatic carbocycles. The minimum Gasteiger partial charge on any atom is -0.475 e. The summed E-state index contributed by atoms with van der Waals surface area (Å²) in [5.74, 6) is -2.76. The van der Waals surface area contributed by atoms with Crippen molar-refractivity contribution in [2.24, 2.45) is 0 Å². The Bertz CT molecular complexity index is 860. The Morgan fingerprint density at radius 1 is 1.26 bits per heavy atom. The largest absolute Gasteiger partial charge is 0.490 e. The molecule has 0 aromatic carbocycles. The topological polar surface area (TPSA) is 100 Å². The molecule has 3 aliphatic rings. The summed E-state index contributed by atoms with van der Waals surface area (Å²) in [5, 5.41) is 6.99. The predicted octanol–water partition coefficient (Wildman–Crippen LogP) is 1.87. The van der Waals surface area contributed by atoms with E-state index in [1.54, 1.807) is 4.31 Å². The van der Waals surface area contributed by atoms with Crippen molar-refractivity contribution in [3.05, 3.63) is 30.1 Å².